The summed E-state index contributed by atoms with van der Waals surface area (Å²) in [6, 6.07) is 11.4. The molecule has 1 amide bonds. The van der Waals surface area contributed by atoms with E-state index in [0.717, 1.165) is 5.69 Å². The first-order valence-corrected chi connectivity index (χ1v) is 9.94. The van der Waals surface area contributed by atoms with Gasteiger partial charge in [-0.1, -0.05) is 23.4 Å². The number of carbonyl (C=O) groups is 1. The number of morpholine rings is 1. The lowest BCUT2D eigenvalue weighted by atomic mass is 10.2. The normalized spacial score (nSPS) is 16.5. The van der Waals surface area contributed by atoms with Crippen LogP contribution in [0.3, 0.4) is 0 Å². The van der Waals surface area contributed by atoms with Crippen molar-refractivity contribution < 1.29 is 9.53 Å². The topological polar surface area (TPSA) is 116 Å². The fourth-order valence-corrected chi connectivity index (χ4v) is 3.62. The molecule has 1 fully saturated rings. The van der Waals surface area contributed by atoms with E-state index in [0.29, 0.717) is 48.9 Å². The van der Waals surface area contributed by atoms with Crippen LogP contribution >= 0.6 is 0 Å². The molecule has 0 unspecified atom stereocenters. The third kappa shape index (κ3) is 3.82. The molecular weight excluding hydrogens is 398 g/mol. The largest absolute Gasteiger partial charge is 0.373 e. The van der Waals surface area contributed by atoms with Crippen LogP contribution in [0.15, 0.2) is 48.9 Å². The predicted molar refractivity (Wildman–Crippen MR) is 112 cm³/mol. The van der Waals surface area contributed by atoms with Crippen molar-refractivity contribution >= 4 is 28.6 Å². The fourth-order valence-electron chi connectivity index (χ4n) is 3.62. The van der Waals surface area contributed by atoms with Gasteiger partial charge < -0.3 is 15.0 Å². The smallest absolute Gasteiger partial charge is 0.272 e. The molecule has 0 bridgehead atoms. The summed E-state index contributed by atoms with van der Waals surface area (Å²) in [5, 5.41) is 15.8. The quantitative estimate of drug-likeness (QED) is 0.514. The number of aromatic nitrogens is 7. The minimum absolute atomic E-state index is 0.0616. The lowest BCUT2D eigenvalue weighted by molar-refractivity contribution is -0.0300. The van der Waals surface area contributed by atoms with Crippen molar-refractivity contribution in [1.82, 2.24) is 39.6 Å². The fraction of sp³-hybridized carbons (Fsp3) is 0.300. The molecule has 3 aromatic heterocycles. The van der Waals surface area contributed by atoms with Crippen molar-refractivity contribution in [3.05, 3.63) is 54.6 Å². The number of fused-ring (bicyclic) bond motifs is 1. The summed E-state index contributed by atoms with van der Waals surface area (Å²) in [4.78, 5) is 23.2. The Balaban J connectivity index is 1.33. The molecule has 0 spiro atoms. The molecular formula is C20H21N9O2. The van der Waals surface area contributed by atoms with Gasteiger partial charge in [-0.05, 0) is 18.2 Å². The van der Waals surface area contributed by atoms with E-state index in [2.05, 4.69) is 30.7 Å². The molecule has 5 rings (SSSR count). The van der Waals surface area contributed by atoms with Gasteiger partial charge in [-0.25, -0.2) is 14.6 Å². The molecule has 4 heterocycles. The standard InChI is InChI=1S/C20H21N9O2/c1-27-16(7-8-23-27)20(30)28-9-10-31-15(11-28)12-29-19-17(25-26-29)18(21-13-22-19)24-14-5-3-2-4-6-14/h2-8,13,15H,9-12H2,1H3,(H,21,22,24)/t15-/m1/s1. The van der Waals surface area contributed by atoms with Gasteiger partial charge in [-0.3, -0.25) is 9.48 Å². The summed E-state index contributed by atoms with van der Waals surface area (Å²) >= 11 is 0. The number of hydrogen-bond acceptors (Lipinski definition) is 8. The Morgan fingerprint density at radius 1 is 1.23 bits per heavy atom. The van der Waals surface area contributed by atoms with Crippen LogP contribution in [-0.2, 0) is 18.3 Å². The number of para-hydroxylation sites is 1. The first kappa shape index (κ1) is 19.1. The maximum Gasteiger partial charge on any atom is 0.272 e. The van der Waals surface area contributed by atoms with E-state index in [4.69, 9.17) is 4.74 Å². The van der Waals surface area contributed by atoms with Crippen molar-refractivity contribution in [2.24, 2.45) is 7.05 Å². The summed E-state index contributed by atoms with van der Waals surface area (Å²) in [7, 11) is 1.76. The molecule has 1 aliphatic heterocycles. The van der Waals surface area contributed by atoms with Crippen LogP contribution < -0.4 is 5.32 Å². The molecule has 11 nitrogen and oxygen atoms in total. The Bertz CT molecular complexity index is 1200. The Hall–Kier alpha value is -3.86. The van der Waals surface area contributed by atoms with Crippen LogP contribution in [0.1, 0.15) is 10.5 Å². The minimum atomic E-state index is -0.226. The molecule has 0 radical (unpaired) electrons. The van der Waals surface area contributed by atoms with Gasteiger partial charge in [0.1, 0.15) is 12.0 Å². The molecule has 4 aromatic rings. The highest BCUT2D eigenvalue weighted by atomic mass is 16.5. The molecule has 0 saturated carbocycles. The van der Waals surface area contributed by atoms with Gasteiger partial charge in [0.25, 0.3) is 5.91 Å². The van der Waals surface area contributed by atoms with Gasteiger partial charge in [0, 0.05) is 32.0 Å². The average Bonchev–Trinajstić information content (AvgIpc) is 3.41. The van der Waals surface area contributed by atoms with Crippen LogP contribution in [0.4, 0.5) is 11.5 Å². The van der Waals surface area contributed by atoms with Gasteiger partial charge in [-0.15, -0.1) is 5.10 Å². The molecule has 1 atom stereocenters. The van der Waals surface area contributed by atoms with Crippen molar-refractivity contribution in [2.75, 3.05) is 25.0 Å². The van der Waals surface area contributed by atoms with Gasteiger partial charge in [0.15, 0.2) is 17.0 Å². The van der Waals surface area contributed by atoms with Crippen LogP contribution in [0.5, 0.6) is 0 Å². The zero-order chi connectivity index (χ0) is 21.2. The third-order valence-corrected chi connectivity index (χ3v) is 5.18. The van der Waals surface area contributed by atoms with Gasteiger partial charge in [0.05, 0.1) is 19.3 Å². The summed E-state index contributed by atoms with van der Waals surface area (Å²) < 4.78 is 9.16. The molecule has 0 aliphatic carbocycles. The highest BCUT2D eigenvalue weighted by molar-refractivity contribution is 5.92. The summed E-state index contributed by atoms with van der Waals surface area (Å²) in [6.07, 6.45) is 2.87. The maximum absolute atomic E-state index is 12.8. The van der Waals surface area contributed by atoms with E-state index in [9.17, 15) is 4.79 Å². The lowest BCUT2D eigenvalue weighted by Gasteiger charge is -2.32. The zero-order valence-corrected chi connectivity index (χ0v) is 16.9. The lowest BCUT2D eigenvalue weighted by Crippen LogP contribution is -2.47. The second kappa shape index (κ2) is 8.11. The number of aryl methyl sites for hydroxylation is 1. The van der Waals surface area contributed by atoms with Crippen molar-refractivity contribution in [2.45, 2.75) is 12.6 Å². The Morgan fingerprint density at radius 2 is 2.10 bits per heavy atom. The van der Waals surface area contributed by atoms with E-state index >= 15 is 0 Å². The SMILES string of the molecule is Cn1nccc1C(=O)N1CCO[C@@H](Cn2nnc3c(Nc4ccccc4)ncnc32)C1. The Morgan fingerprint density at radius 3 is 2.90 bits per heavy atom. The highest BCUT2D eigenvalue weighted by Gasteiger charge is 2.27. The minimum Gasteiger partial charge on any atom is -0.373 e. The van der Waals surface area contributed by atoms with Crippen molar-refractivity contribution in [1.29, 1.82) is 0 Å². The summed E-state index contributed by atoms with van der Waals surface area (Å²) in [5.74, 6) is 0.522. The maximum atomic E-state index is 12.8. The van der Waals surface area contributed by atoms with Crippen molar-refractivity contribution in [3.8, 4) is 0 Å². The Kier molecular flexibility index (Phi) is 5.00. The van der Waals surface area contributed by atoms with Crippen LogP contribution in [-0.4, -0.2) is 71.3 Å². The monoisotopic (exact) mass is 419 g/mol. The van der Waals surface area contributed by atoms with Gasteiger partial charge >= 0.3 is 0 Å². The number of nitrogens with one attached hydrogen (secondary N) is 1. The van der Waals surface area contributed by atoms with E-state index in [1.54, 1.807) is 33.6 Å². The van der Waals surface area contributed by atoms with Crippen LogP contribution in [0.25, 0.3) is 11.2 Å². The number of anilines is 2. The number of nitrogens with zero attached hydrogens (tertiary/aromatic N) is 8. The van der Waals surface area contributed by atoms with Crippen LogP contribution in [0, 0.1) is 0 Å². The van der Waals surface area contributed by atoms with E-state index < -0.39 is 0 Å². The first-order chi connectivity index (χ1) is 15.2. The molecule has 11 heteroatoms. The van der Waals surface area contributed by atoms with E-state index in [1.807, 2.05) is 30.3 Å². The first-order valence-electron chi connectivity index (χ1n) is 9.94. The molecule has 1 aromatic carbocycles. The highest BCUT2D eigenvalue weighted by Crippen LogP contribution is 2.21. The van der Waals surface area contributed by atoms with Crippen molar-refractivity contribution in [3.63, 3.8) is 0 Å². The summed E-state index contributed by atoms with van der Waals surface area (Å²) in [6.45, 7) is 1.86. The summed E-state index contributed by atoms with van der Waals surface area (Å²) in [5.41, 5.74) is 2.63. The number of carbonyl (C=O) groups excluding carboxylic acids is 1. The Labute approximate surface area is 177 Å². The zero-order valence-electron chi connectivity index (χ0n) is 16.9. The van der Waals surface area contributed by atoms with Gasteiger partial charge in [0.2, 0.25) is 0 Å². The third-order valence-electron chi connectivity index (χ3n) is 5.18. The number of amides is 1. The average molecular weight is 419 g/mol. The molecule has 158 valence electrons. The number of rotatable bonds is 5. The van der Waals surface area contributed by atoms with Crippen LogP contribution in [0.2, 0.25) is 0 Å². The second-order valence-electron chi connectivity index (χ2n) is 7.24. The predicted octanol–water partition coefficient (Wildman–Crippen LogP) is 1.24. The van der Waals surface area contributed by atoms with E-state index in [-0.39, 0.29) is 12.0 Å². The molecule has 1 N–H and O–H groups in total. The molecule has 1 aliphatic rings. The van der Waals surface area contributed by atoms with E-state index in [1.165, 1.54) is 6.33 Å². The number of ether oxygens (including phenoxy) is 1. The number of hydrogen-bond donors (Lipinski definition) is 1. The molecule has 31 heavy (non-hydrogen) atoms. The molecule has 1 saturated heterocycles. The number of benzene rings is 1. The van der Waals surface area contributed by atoms with Gasteiger partial charge in [-0.2, -0.15) is 5.10 Å². The second-order valence-corrected chi connectivity index (χ2v) is 7.24.